The summed E-state index contributed by atoms with van der Waals surface area (Å²) in [4.78, 5) is 11.6. The molecule has 0 bridgehead atoms. The van der Waals surface area contributed by atoms with Gasteiger partial charge in [-0.1, -0.05) is 12.1 Å². The van der Waals surface area contributed by atoms with Gasteiger partial charge in [0.2, 0.25) is 5.91 Å². The molecule has 0 saturated carbocycles. The SMILES string of the molecule is CC(C)(N)CCC(=O)Nc1cccc(CO)c1. The predicted molar refractivity (Wildman–Crippen MR) is 68.5 cm³/mol. The van der Waals surface area contributed by atoms with Crippen LogP contribution in [0.3, 0.4) is 0 Å². The third-order valence-electron chi connectivity index (χ3n) is 2.39. The van der Waals surface area contributed by atoms with E-state index in [4.69, 9.17) is 10.8 Å². The zero-order chi connectivity index (χ0) is 12.9. The summed E-state index contributed by atoms with van der Waals surface area (Å²) in [6, 6.07) is 7.16. The maximum Gasteiger partial charge on any atom is 0.224 e. The summed E-state index contributed by atoms with van der Waals surface area (Å²) in [6.07, 6.45) is 1.03. The molecule has 0 atom stereocenters. The highest BCUT2D eigenvalue weighted by Gasteiger charge is 2.13. The van der Waals surface area contributed by atoms with Crippen LogP contribution < -0.4 is 11.1 Å². The van der Waals surface area contributed by atoms with Gasteiger partial charge in [0.1, 0.15) is 0 Å². The lowest BCUT2D eigenvalue weighted by Gasteiger charge is -2.17. The van der Waals surface area contributed by atoms with Gasteiger partial charge in [-0.2, -0.15) is 0 Å². The third-order valence-corrected chi connectivity index (χ3v) is 2.39. The predicted octanol–water partition coefficient (Wildman–Crippen LogP) is 1.63. The molecule has 4 heteroatoms. The van der Waals surface area contributed by atoms with Gasteiger partial charge < -0.3 is 16.2 Å². The van der Waals surface area contributed by atoms with Crippen LogP contribution in [0.15, 0.2) is 24.3 Å². The summed E-state index contributed by atoms with van der Waals surface area (Å²) < 4.78 is 0. The molecule has 0 aliphatic carbocycles. The molecule has 0 fully saturated rings. The molecule has 94 valence electrons. The first-order chi connectivity index (χ1) is 7.90. The maximum absolute atomic E-state index is 11.6. The molecule has 0 heterocycles. The fraction of sp³-hybridized carbons (Fsp3) is 0.462. The quantitative estimate of drug-likeness (QED) is 0.727. The van der Waals surface area contributed by atoms with Crippen LogP contribution in [-0.4, -0.2) is 16.6 Å². The molecule has 0 saturated heterocycles. The van der Waals surface area contributed by atoms with Crippen LogP contribution in [0.2, 0.25) is 0 Å². The summed E-state index contributed by atoms with van der Waals surface area (Å²) in [6.45, 7) is 3.76. The fourth-order valence-electron chi connectivity index (χ4n) is 1.41. The molecule has 4 N–H and O–H groups in total. The Hall–Kier alpha value is -1.39. The molecule has 0 aliphatic heterocycles. The van der Waals surface area contributed by atoms with E-state index in [-0.39, 0.29) is 18.1 Å². The Morgan fingerprint density at radius 2 is 2.18 bits per heavy atom. The fourth-order valence-corrected chi connectivity index (χ4v) is 1.41. The number of amides is 1. The molecule has 4 nitrogen and oxygen atoms in total. The van der Waals surface area contributed by atoms with Crippen LogP contribution >= 0.6 is 0 Å². The Balaban J connectivity index is 2.50. The number of nitrogens with two attached hydrogens (primary N) is 1. The first kappa shape index (κ1) is 13.7. The van der Waals surface area contributed by atoms with Gasteiger partial charge >= 0.3 is 0 Å². The van der Waals surface area contributed by atoms with Crippen LogP contribution in [-0.2, 0) is 11.4 Å². The monoisotopic (exact) mass is 236 g/mol. The van der Waals surface area contributed by atoms with Gasteiger partial charge in [-0.05, 0) is 38.0 Å². The van der Waals surface area contributed by atoms with Crippen molar-refractivity contribution in [1.29, 1.82) is 0 Å². The van der Waals surface area contributed by atoms with Gasteiger partial charge in [0.25, 0.3) is 0 Å². The van der Waals surface area contributed by atoms with Gasteiger partial charge in [-0.15, -0.1) is 0 Å². The van der Waals surface area contributed by atoms with Gasteiger partial charge in [0, 0.05) is 17.6 Å². The summed E-state index contributed by atoms with van der Waals surface area (Å²) in [5.41, 5.74) is 6.97. The van der Waals surface area contributed by atoms with Gasteiger partial charge in [0.05, 0.1) is 6.61 Å². The van der Waals surface area contributed by atoms with Crippen molar-refractivity contribution in [1.82, 2.24) is 0 Å². The van der Waals surface area contributed by atoms with Crippen molar-refractivity contribution in [2.24, 2.45) is 5.73 Å². The van der Waals surface area contributed by atoms with E-state index >= 15 is 0 Å². The summed E-state index contributed by atoms with van der Waals surface area (Å²) >= 11 is 0. The number of rotatable bonds is 5. The molecule has 1 amide bonds. The highest BCUT2D eigenvalue weighted by Crippen LogP contribution is 2.12. The van der Waals surface area contributed by atoms with E-state index in [0.29, 0.717) is 18.5 Å². The van der Waals surface area contributed by atoms with Crippen molar-refractivity contribution in [3.8, 4) is 0 Å². The standard InChI is InChI=1S/C13H20N2O2/c1-13(2,14)7-6-12(17)15-11-5-3-4-10(8-11)9-16/h3-5,8,16H,6-7,9,14H2,1-2H3,(H,15,17). The number of hydrogen-bond acceptors (Lipinski definition) is 3. The first-order valence-electron chi connectivity index (χ1n) is 5.69. The van der Waals surface area contributed by atoms with E-state index in [1.807, 2.05) is 13.8 Å². The first-order valence-corrected chi connectivity index (χ1v) is 5.69. The van der Waals surface area contributed by atoms with Crippen molar-refractivity contribution < 1.29 is 9.90 Å². The molecule has 1 aromatic carbocycles. The van der Waals surface area contributed by atoms with Crippen LogP contribution in [0, 0.1) is 0 Å². The van der Waals surface area contributed by atoms with Gasteiger partial charge in [-0.3, -0.25) is 4.79 Å². The Labute approximate surface area is 102 Å². The van der Waals surface area contributed by atoms with Crippen LogP contribution in [0.4, 0.5) is 5.69 Å². The second-order valence-electron chi connectivity index (χ2n) is 4.90. The largest absolute Gasteiger partial charge is 0.392 e. The van der Waals surface area contributed by atoms with Crippen molar-refractivity contribution in [3.05, 3.63) is 29.8 Å². The molecule has 0 radical (unpaired) electrons. The Kier molecular flexibility index (Phi) is 4.66. The number of carbonyl (C=O) groups is 1. The Morgan fingerprint density at radius 3 is 2.76 bits per heavy atom. The third kappa shape index (κ3) is 5.47. The van der Waals surface area contributed by atoms with E-state index in [1.165, 1.54) is 0 Å². The minimum Gasteiger partial charge on any atom is -0.392 e. The van der Waals surface area contributed by atoms with E-state index in [0.717, 1.165) is 5.56 Å². The second kappa shape index (κ2) is 5.80. The van der Waals surface area contributed by atoms with Crippen LogP contribution in [0.1, 0.15) is 32.3 Å². The Bertz CT molecular complexity index is 383. The van der Waals surface area contributed by atoms with Crippen LogP contribution in [0.5, 0.6) is 0 Å². The number of nitrogens with one attached hydrogen (secondary N) is 1. The molecule has 0 unspecified atom stereocenters. The van der Waals surface area contributed by atoms with E-state index in [9.17, 15) is 4.79 Å². The van der Waals surface area contributed by atoms with E-state index in [1.54, 1.807) is 24.3 Å². The highest BCUT2D eigenvalue weighted by atomic mass is 16.3. The molecular formula is C13H20N2O2. The van der Waals surface area contributed by atoms with Crippen molar-refractivity contribution in [3.63, 3.8) is 0 Å². The zero-order valence-electron chi connectivity index (χ0n) is 10.4. The number of benzene rings is 1. The lowest BCUT2D eigenvalue weighted by molar-refractivity contribution is -0.116. The van der Waals surface area contributed by atoms with Gasteiger partial charge in [0.15, 0.2) is 0 Å². The molecule has 0 aromatic heterocycles. The maximum atomic E-state index is 11.6. The van der Waals surface area contributed by atoms with E-state index in [2.05, 4.69) is 5.32 Å². The molecular weight excluding hydrogens is 216 g/mol. The lowest BCUT2D eigenvalue weighted by Crippen LogP contribution is -2.33. The summed E-state index contributed by atoms with van der Waals surface area (Å²) in [5.74, 6) is -0.0568. The summed E-state index contributed by atoms with van der Waals surface area (Å²) in [7, 11) is 0. The topological polar surface area (TPSA) is 75.4 Å². The molecule has 0 aliphatic rings. The minimum atomic E-state index is -0.329. The number of aliphatic hydroxyl groups is 1. The molecule has 17 heavy (non-hydrogen) atoms. The summed E-state index contributed by atoms with van der Waals surface area (Å²) in [5, 5.41) is 11.8. The van der Waals surface area contributed by atoms with Crippen molar-refractivity contribution in [2.75, 3.05) is 5.32 Å². The lowest BCUT2D eigenvalue weighted by atomic mass is 10.00. The van der Waals surface area contributed by atoms with E-state index < -0.39 is 0 Å². The molecule has 1 aromatic rings. The number of anilines is 1. The number of aliphatic hydroxyl groups excluding tert-OH is 1. The zero-order valence-corrected chi connectivity index (χ0v) is 10.4. The average molecular weight is 236 g/mol. The number of carbonyl (C=O) groups excluding carboxylic acids is 1. The number of hydrogen-bond donors (Lipinski definition) is 3. The smallest absolute Gasteiger partial charge is 0.224 e. The van der Waals surface area contributed by atoms with Crippen molar-refractivity contribution in [2.45, 2.75) is 38.8 Å². The van der Waals surface area contributed by atoms with Crippen molar-refractivity contribution >= 4 is 11.6 Å². The minimum absolute atomic E-state index is 0.0282. The normalized spacial score (nSPS) is 11.3. The Morgan fingerprint density at radius 1 is 1.47 bits per heavy atom. The highest BCUT2D eigenvalue weighted by molar-refractivity contribution is 5.90. The average Bonchev–Trinajstić information content (AvgIpc) is 2.26. The van der Waals surface area contributed by atoms with Gasteiger partial charge in [-0.25, -0.2) is 0 Å². The second-order valence-corrected chi connectivity index (χ2v) is 4.90. The molecule has 0 spiro atoms. The van der Waals surface area contributed by atoms with Crippen LogP contribution in [0.25, 0.3) is 0 Å². The molecule has 1 rings (SSSR count).